The van der Waals surface area contributed by atoms with Crippen LogP contribution in [0.15, 0.2) is 11.1 Å². The quantitative estimate of drug-likeness (QED) is 0.237. The molecule has 2 bridgehead atoms. The van der Waals surface area contributed by atoms with Crippen molar-refractivity contribution in [3.05, 3.63) is 11.1 Å². The molecule has 13 atom stereocenters. The highest BCUT2D eigenvalue weighted by atomic mass is 17.1. The Balaban J connectivity index is 2.30. The zero-order valence-corrected chi connectivity index (χ0v) is 24.1. The Labute approximate surface area is 210 Å². The molecule has 4 heteroatoms. The number of hydrogen-bond acceptors (Lipinski definition) is 4. The van der Waals surface area contributed by atoms with Gasteiger partial charge in [0.15, 0.2) is 0 Å². The van der Waals surface area contributed by atoms with Gasteiger partial charge in [-0.1, -0.05) is 80.4 Å². The Hall–Kier alpha value is -0.420. The molecule has 2 saturated carbocycles. The van der Waals surface area contributed by atoms with Crippen molar-refractivity contribution in [2.24, 2.45) is 69.3 Å². The van der Waals surface area contributed by atoms with Gasteiger partial charge in [0.25, 0.3) is 0 Å². The van der Waals surface area contributed by atoms with Crippen LogP contribution < -0.4 is 5.73 Å². The summed E-state index contributed by atoms with van der Waals surface area (Å²) < 4.78 is 0. The number of rotatable bonds is 4. The van der Waals surface area contributed by atoms with E-state index in [0.29, 0.717) is 41.4 Å². The maximum absolute atomic E-state index is 11.0. The number of aliphatic hydroxyl groups excluding tert-OH is 1. The van der Waals surface area contributed by atoms with Gasteiger partial charge < -0.3 is 10.8 Å². The molecule has 3 aliphatic carbocycles. The van der Waals surface area contributed by atoms with E-state index in [0.717, 1.165) is 6.42 Å². The average Bonchev–Trinajstić information content (AvgIpc) is 2.74. The molecule has 4 N–H and O–H groups in total. The van der Waals surface area contributed by atoms with E-state index >= 15 is 0 Å². The highest BCUT2D eigenvalue weighted by Crippen LogP contribution is 2.70. The monoisotopic (exact) mass is 477 g/mol. The summed E-state index contributed by atoms with van der Waals surface area (Å²) in [6, 6.07) is -0.473. The summed E-state index contributed by atoms with van der Waals surface area (Å²) in [4.78, 5) is 5.05. The van der Waals surface area contributed by atoms with Crippen LogP contribution in [0.4, 0.5) is 0 Å². The van der Waals surface area contributed by atoms with Gasteiger partial charge in [-0.3, -0.25) is 5.26 Å². The predicted molar refractivity (Wildman–Crippen MR) is 141 cm³/mol. The minimum absolute atomic E-state index is 0.00490. The molecular weight excluding hydrogens is 422 g/mol. The van der Waals surface area contributed by atoms with Crippen LogP contribution >= 0.6 is 0 Å². The van der Waals surface area contributed by atoms with Crippen LogP contribution in [0.1, 0.15) is 95.9 Å². The lowest BCUT2D eigenvalue weighted by molar-refractivity contribution is -0.311. The van der Waals surface area contributed by atoms with Crippen molar-refractivity contribution in [3.8, 4) is 0 Å². The van der Waals surface area contributed by atoms with Crippen LogP contribution in [0.5, 0.6) is 0 Å². The molecule has 3 aliphatic rings. The zero-order chi connectivity index (χ0) is 26.1. The van der Waals surface area contributed by atoms with Gasteiger partial charge in [0.2, 0.25) is 0 Å². The normalized spacial score (nSPS) is 49.5. The average molecular weight is 478 g/mol. The molecule has 4 nitrogen and oxygen atoms in total. The van der Waals surface area contributed by atoms with E-state index in [2.05, 4.69) is 76.2 Å². The SMILES string of the molecule is CC1=C2C(C)C(C)[C@]3(C)C(C)CC(C)C(C)C3C(C)C(C)(CC1C(OO)C(O)C(C)N)C2(C)C. The first-order chi connectivity index (χ1) is 15.5. The fraction of sp³-hybridized carbons (Fsp3) is 0.933. The summed E-state index contributed by atoms with van der Waals surface area (Å²) in [5, 5.41) is 21.0. The minimum atomic E-state index is -0.915. The van der Waals surface area contributed by atoms with Crippen LogP contribution in [-0.2, 0) is 4.89 Å². The van der Waals surface area contributed by atoms with Gasteiger partial charge in [-0.15, -0.1) is 0 Å². The first-order valence-corrected chi connectivity index (χ1v) is 13.9. The summed E-state index contributed by atoms with van der Waals surface area (Å²) in [7, 11) is 0. The number of fused-ring (bicyclic) bond motifs is 3. The maximum atomic E-state index is 11.0. The third-order valence-electron chi connectivity index (χ3n) is 12.8. The second-order valence-electron chi connectivity index (χ2n) is 14.1. The summed E-state index contributed by atoms with van der Waals surface area (Å²) in [5.74, 6) is 4.03. The number of allylic oxidation sites excluding steroid dienone is 1. The van der Waals surface area contributed by atoms with E-state index in [9.17, 15) is 10.4 Å². The molecule has 0 amide bonds. The van der Waals surface area contributed by atoms with E-state index in [1.54, 1.807) is 6.92 Å². The molecule has 0 heterocycles. The Kier molecular flexibility index (Phi) is 7.58. The summed E-state index contributed by atoms with van der Waals surface area (Å²) in [6.45, 7) is 29.0. The number of aliphatic hydroxyl groups is 1. The molecule has 0 saturated heterocycles. The molecule has 34 heavy (non-hydrogen) atoms. The first kappa shape index (κ1) is 28.2. The highest BCUT2D eigenvalue weighted by molar-refractivity contribution is 5.34. The van der Waals surface area contributed by atoms with Crippen LogP contribution in [-0.4, -0.2) is 28.6 Å². The molecule has 12 unspecified atom stereocenters. The van der Waals surface area contributed by atoms with Crippen LogP contribution in [0.3, 0.4) is 0 Å². The van der Waals surface area contributed by atoms with Crippen molar-refractivity contribution in [3.63, 3.8) is 0 Å². The number of nitrogens with two attached hydrogens (primary N) is 1. The van der Waals surface area contributed by atoms with Crippen LogP contribution in [0, 0.1) is 63.6 Å². The van der Waals surface area contributed by atoms with Gasteiger partial charge in [-0.2, -0.15) is 0 Å². The minimum Gasteiger partial charge on any atom is -0.389 e. The Morgan fingerprint density at radius 1 is 1.00 bits per heavy atom. The predicted octanol–water partition coefficient (Wildman–Crippen LogP) is 6.78. The van der Waals surface area contributed by atoms with Crippen LogP contribution in [0.25, 0.3) is 0 Å². The molecule has 0 aromatic carbocycles. The standard InChI is InChI=1S/C30H55NO3/c1-15-13-16(2)30(12)20(6)18(4)24-19(5)23(27(34-33)26(32)22(8)31)14-29(11,28(24,9)10)21(7)25(30)17(15)3/h15-18,20-23,25-27,32-33H,13-14,31H2,1-12H3/t15?,16?,17?,18?,20?,21?,22?,23?,25?,26?,27?,29?,30-/m0/s1. The summed E-state index contributed by atoms with van der Waals surface area (Å²) >= 11 is 0. The van der Waals surface area contributed by atoms with Crippen molar-refractivity contribution in [1.29, 1.82) is 0 Å². The first-order valence-electron chi connectivity index (χ1n) is 13.9. The van der Waals surface area contributed by atoms with Gasteiger partial charge in [0, 0.05) is 12.0 Å². The van der Waals surface area contributed by atoms with E-state index < -0.39 is 18.2 Å². The topological polar surface area (TPSA) is 75.7 Å². The number of hydrogen-bond donors (Lipinski definition) is 3. The Morgan fingerprint density at radius 3 is 2.06 bits per heavy atom. The van der Waals surface area contributed by atoms with Crippen molar-refractivity contribution in [2.45, 2.75) is 114 Å². The third-order valence-corrected chi connectivity index (χ3v) is 12.8. The third kappa shape index (κ3) is 3.68. The van der Waals surface area contributed by atoms with E-state index in [4.69, 9.17) is 10.6 Å². The van der Waals surface area contributed by atoms with Gasteiger partial charge in [0.1, 0.15) is 6.10 Å². The van der Waals surface area contributed by atoms with Crippen molar-refractivity contribution in [1.82, 2.24) is 0 Å². The molecule has 0 aliphatic heterocycles. The second kappa shape index (κ2) is 9.15. The molecule has 198 valence electrons. The summed E-state index contributed by atoms with van der Waals surface area (Å²) in [6.07, 6.45) is 0.558. The molecule has 0 aromatic rings. The van der Waals surface area contributed by atoms with Gasteiger partial charge in [-0.05, 0) is 84.4 Å². The highest BCUT2D eigenvalue weighted by Gasteiger charge is 2.64. The second-order valence-corrected chi connectivity index (χ2v) is 14.1. The van der Waals surface area contributed by atoms with E-state index in [1.807, 2.05) is 0 Å². The summed E-state index contributed by atoms with van der Waals surface area (Å²) in [5.41, 5.74) is 9.16. The molecular formula is C30H55NO3. The van der Waals surface area contributed by atoms with Gasteiger partial charge in [-0.25, -0.2) is 4.89 Å². The lowest BCUT2D eigenvalue weighted by atomic mass is 9.37. The van der Waals surface area contributed by atoms with Crippen molar-refractivity contribution < 1.29 is 15.3 Å². The fourth-order valence-corrected chi connectivity index (χ4v) is 9.79. The molecule has 0 spiro atoms. The molecule has 2 fully saturated rings. The fourth-order valence-electron chi connectivity index (χ4n) is 9.79. The molecule has 0 radical (unpaired) electrons. The van der Waals surface area contributed by atoms with Gasteiger partial charge in [0.05, 0.1) is 6.10 Å². The maximum Gasteiger partial charge on any atom is 0.126 e. The smallest absolute Gasteiger partial charge is 0.126 e. The van der Waals surface area contributed by atoms with Gasteiger partial charge >= 0.3 is 0 Å². The zero-order valence-electron chi connectivity index (χ0n) is 24.1. The van der Waals surface area contributed by atoms with E-state index in [-0.39, 0.29) is 22.2 Å². The largest absolute Gasteiger partial charge is 0.389 e. The van der Waals surface area contributed by atoms with Crippen molar-refractivity contribution >= 4 is 0 Å². The molecule has 0 aromatic heterocycles. The lowest BCUT2D eigenvalue weighted by Crippen LogP contribution is -2.62. The van der Waals surface area contributed by atoms with E-state index in [1.165, 1.54) is 17.6 Å². The van der Waals surface area contributed by atoms with Crippen LogP contribution in [0.2, 0.25) is 0 Å². The molecule has 3 rings (SSSR count). The lowest BCUT2D eigenvalue weighted by Gasteiger charge is -2.68. The van der Waals surface area contributed by atoms with Crippen molar-refractivity contribution in [2.75, 3.05) is 0 Å². The Morgan fingerprint density at radius 2 is 1.56 bits per heavy atom. The Bertz CT molecular complexity index is 790.